The molecule has 0 atom stereocenters. The summed E-state index contributed by atoms with van der Waals surface area (Å²) in [7, 11) is 0. The Hall–Kier alpha value is -1.65. The van der Waals surface area contributed by atoms with Gasteiger partial charge in [-0.05, 0) is 6.42 Å². The van der Waals surface area contributed by atoms with Gasteiger partial charge in [0.1, 0.15) is 0 Å². The minimum absolute atomic E-state index is 0.194. The highest BCUT2D eigenvalue weighted by Gasteiger charge is 2.94. The number of rotatable bonds is 16. The lowest BCUT2D eigenvalue weighted by Crippen LogP contribution is -2.74. The van der Waals surface area contributed by atoms with Gasteiger partial charge in [0.2, 0.25) is 0 Å². The van der Waals surface area contributed by atoms with Crippen molar-refractivity contribution in [3.8, 4) is 0 Å². The van der Waals surface area contributed by atoms with Gasteiger partial charge in [-0.15, -0.1) is 0 Å². The predicted octanol–water partition coefficient (Wildman–Crippen LogP) is 7.57. The van der Waals surface area contributed by atoms with Crippen LogP contribution < -0.4 is 5.32 Å². The molecule has 0 heterocycles. The second kappa shape index (κ2) is 11.4. The third kappa shape index (κ3) is 5.75. The molecule has 2 nitrogen and oxygen atoms in total. The van der Waals surface area contributed by atoms with Crippen molar-refractivity contribution in [3.63, 3.8) is 0 Å². The molecule has 0 aromatic heterocycles. The molecule has 0 aliphatic carbocycles. The van der Waals surface area contributed by atoms with Crippen LogP contribution in [0.5, 0.6) is 0 Å². The number of nitrogens with one attached hydrogen (secondary N) is 1. The van der Waals surface area contributed by atoms with Crippen LogP contribution in [0.4, 0.5) is 70.2 Å². The van der Waals surface area contributed by atoms with Crippen molar-refractivity contribution in [2.75, 3.05) is 6.54 Å². The Kier molecular flexibility index (Phi) is 10.9. The number of alkyl halides is 16. The highest BCUT2D eigenvalue weighted by atomic mass is 19.4. The van der Waals surface area contributed by atoms with Crippen LogP contribution in [0.3, 0.4) is 0 Å². The molecular weight excluding hydrogens is 550 g/mol. The van der Waals surface area contributed by atoms with Crippen molar-refractivity contribution in [3.05, 3.63) is 0 Å². The third-order valence-corrected chi connectivity index (χ3v) is 5.02. The lowest BCUT2D eigenvalue weighted by Gasteiger charge is -2.42. The molecule has 1 amide bonds. The van der Waals surface area contributed by atoms with Crippen LogP contribution in [0.2, 0.25) is 0 Å². The van der Waals surface area contributed by atoms with Gasteiger partial charge in [-0.1, -0.05) is 45.4 Å². The Bertz CT molecular complexity index is 722. The smallest absolute Gasteiger partial charge is 0.351 e. The number of unbranched alkanes of at least 4 members (excludes halogenated alkanes) is 6. The van der Waals surface area contributed by atoms with E-state index in [0.29, 0.717) is 12.8 Å². The van der Waals surface area contributed by atoms with Crippen LogP contribution in [-0.2, 0) is 4.79 Å². The molecule has 0 aromatic carbocycles. The summed E-state index contributed by atoms with van der Waals surface area (Å²) in [6, 6.07) is 0. The van der Waals surface area contributed by atoms with E-state index in [-0.39, 0.29) is 12.8 Å². The van der Waals surface area contributed by atoms with Crippen molar-refractivity contribution in [1.82, 2.24) is 5.32 Å². The average Bonchev–Trinajstić information content (AvgIpc) is 2.74. The highest BCUT2D eigenvalue weighted by molar-refractivity contribution is 5.84. The second-order valence-corrected chi connectivity index (χ2v) is 7.75. The van der Waals surface area contributed by atoms with Gasteiger partial charge in [-0.3, -0.25) is 4.79 Å². The molecule has 0 aromatic rings. The lowest BCUT2D eigenvalue weighted by atomic mass is 9.89. The molecule has 0 saturated carbocycles. The minimum Gasteiger partial charge on any atom is -0.351 e. The van der Waals surface area contributed by atoms with Crippen LogP contribution in [-0.4, -0.2) is 60.3 Å². The van der Waals surface area contributed by atoms with E-state index in [1.165, 1.54) is 0 Å². The van der Waals surface area contributed by atoms with E-state index in [0.717, 1.165) is 24.6 Å². The Labute approximate surface area is 193 Å². The van der Waals surface area contributed by atoms with Gasteiger partial charge in [0.05, 0.1) is 0 Å². The van der Waals surface area contributed by atoms with Gasteiger partial charge >= 0.3 is 47.9 Å². The van der Waals surface area contributed by atoms with Gasteiger partial charge in [-0.2, -0.15) is 61.5 Å². The Morgan fingerprint density at radius 2 is 0.944 bits per heavy atom. The molecule has 0 fully saturated rings. The molecule has 1 N–H and O–H groups in total. The van der Waals surface area contributed by atoms with E-state index in [1.807, 2.05) is 6.92 Å². The molecule has 0 spiro atoms. The second-order valence-electron chi connectivity index (χ2n) is 7.75. The molecule has 216 valence electrons. The number of halogens is 16. The van der Waals surface area contributed by atoms with Crippen LogP contribution >= 0.6 is 0 Å². The number of amides is 1. The molecular formula is C18H21F16NO. The van der Waals surface area contributed by atoms with Gasteiger partial charge in [0.15, 0.2) is 0 Å². The first-order chi connectivity index (χ1) is 15.9. The molecule has 0 saturated heterocycles. The fourth-order valence-electron chi connectivity index (χ4n) is 2.67. The maximum Gasteiger partial charge on any atom is 0.392 e. The first kappa shape index (κ1) is 34.4. The van der Waals surface area contributed by atoms with Crippen LogP contribution in [0.25, 0.3) is 0 Å². The van der Waals surface area contributed by atoms with Crippen molar-refractivity contribution in [2.45, 2.75) is 99.8 Å². The topological polar surface area (TPSA) is 29.1 Å². The molecule has 0 aliphatic heterocycles. The molecule has 36 heavy (non-hydrogen) atoms. The van der Waals surface area contributed by atoms with E-state index in [2.05, 4.69) is 0 Å². The first-order valence-corrected chi connectivity index (χ1v) is 10.1. The van der Waals surface area contributed by atoms with E-state index >= 15 is 0 Å². The van der Waals surface area contributed by atoms with E-state index < -0.39 is 60.3 Å². The molecule has 18 heteroatoms. The monoisotopic (exact) mass is 571 g/mol. The Morgan fingerprint density at radius 1 is 0.583 bits per heavy atom. The standard InChI is InChI=1S/C18H21F16NO/c1-2-3-4-5-6-7-8-9-35-11(36)13(23,24)15(27,28)17(31,32)18(33,34)16(29,30)14(25,26)12(21,22)10(19)20/h10H,2-9H2,1H3,(H,35,36). The molecule has 0 radical (unpaired) electrons. The molecule has 0 aliphatic rings. The summed E-state index contributed by atoms with van der Waals surface area (Å²) in [6.45, 7) is 0.978. The molecule has 0 rings (SSSR count). The highest BCUT2D eigenvalue weighted by Crippen LogP contribution is 2.62. The summed E-state index contributed by atoms with van der Waals surface area (Å²) in [5.41, 5.74) is 0. The number of hydrogen-bond donors (Lipinski definition) is 1. The fourth-order valence-corrected chi connectivity index (χ4v) is 2.67. The predicted molar refractivity (Wildman–Crippen MR) is 91.6 cm³/mol. The molecule has 0 bridgehead atoms. The van der Waals surface area contributed by atoms with Crippen LogP contribution in [0.1, 0.15) is 51.9 Å². The van der Waals surface area contributed by atoms with Crippen LogP contribution in [0.15, 0.2) is 0 Å². The quantitative estimate of drug-likeness (QED) is 0.150. The zero-order valence-corrected chi connectivity index (χ0v) is 18.2. The number of hydrogen-bond acceptors (Lipinski definition) is 1. The van der Waals surface area contributed by atoms with Gasteiger partial charge in [0, 0.05) is 6.54 Å². The van der Waals surface area contributed by atoms with Gasteiger partial charge < -0.3 is 5.32 Å². The normalized spacial score (nSPS) is 14.9. The summed E-state index contributed by atoms with van der Waals surface area (Å²) in [4.78, 5) is 11.3. The minimum atomic E-state index is -8.51. The lowest BCUT2D eigenvalue weighted by molar-refractivity contribution is -0.443. The Morgan fingerprint density at radius 3 is 1.36 bits per heavy atom. The zero-order valence-electron chi connectivity index (χ0n) is 18.2. The number of carbonyl (C=O) groups excluding carboxylic acids is 1. The van der Waals surface area contributed by atoms with Crippen molar-refractivity contribution >= 4 is 5.91 Å². The summed E-state index contributed by atoms with van der Waals surface area (Å²) in [6.07, 6.45) is -2.34. The summed E-state index contributed by atoms with van der Waals surface area (Å²) in [5, 5.41) is 0.961. The molecule has 0 unspecified atom stereocenters. The SMILES string of the molecule is CCCCCCCCCNC(=O)C(F)(F)C(F)(F)C(F)(F)C(F)(F)C(F)(F)C(F)(F)C(F)(F)C(F)F. The summed E-state index contributed by atoms with van der Waals surface area (Å²) < 4.78 is 212. The van der Waals surface area contributed by atoms with E-state index in [9.17, 15) is 75.0 Å². The number of carbonyl (C=O) groups is 1. The van der Waals surface area contributed by atoms with Crippen molar-refractivity contribution < 1.29 is 75.0 Å². The largest absolute Gasteiger partial charge is 0.392 e. The maximum absolute atomic E-state index is 13.7. The Balaban J connectivity index is 5.82. The van der Waals surface area contributed by atoms with Gasteiger partial charge in [-0.25, -0.2) is 8.78 Å². The summed E-state index contributed by atoms with van der Waals surface area (Å²) >= 11 is 0. The average molecular weight is 571 g/mol. The first-order valence-electron chi connectivity index (χ1n) is 10.1. The van der Waals surface area contributed by atoms with Gasteiger partial charge in [0.25, 0.3) is 5.91 Å². The van der Waals surface area contributed by atoms with Crippen molar-refractivity contribution in [2.24, 2.45) is 0 Å². The van der Waals surface area contributed by atoms with E-state index in [4.69, 9.17) is 0 Å². The summed E-state index contributed by atoms with van der Waals surface area (Å²) in [5.74, 6) is -59.2. The fraction of sp³-hybridized carbons (Fsp3) is 0.944. The maximum atomic E-state index is 13.7. The van der Waals surface area contributed by atoms with E-state index in [1.54, 1.807) is 0 Å². The zero-order chi connectivity index (χ0) is 29.0. The van der Waals surface area contributed by atoms with Crippen molar-refractivity contribution in [1.29, 1.82) is 0 Å². The van der Waals surface area contributed by atoms with Crippen LogP contribution in [0, 0.1) is 0 Å². The third-order valence-electron chi connectivity index (χ3n) is 5.02.